The third-order valence-corrected chi connectivity index (χ3v) is 10.9. The average molecular weight is 714 g/mol. The van der Waals surface area contributed by atoms with Gasteiger partial charge in [0.1, 0.15) is 5.52 Å². The van der Waals surface area contributed by atoms with Crippen molar-refractivity contribution in [2.24, 2.45) is 9.98 Å². The fourth-order valence-corrected chi connectivity index (χ4v) is 8.62. The summed E-state index contributed by atoms with van der Waals surface area (Å²) in [5.41, 5.74) is 8.07. The molecule has 0 aliphatic carbocycles. The van der Waals surface area contributed by atoms with Gasteiger partial charge < -0.3 is 9.32 Å². The number of fused-ring (bicyclic) bond motifs is 6. The predicted octanol–water partition coefficient (Wildman–Crippen LogP) is 11.2. The van der Waals surface area contributed by atoms with Crippen molar-refractivity contribution in [3.05, 3.63) is 167 Å². The molecule has 232 valence electrons. The Morgan fingerprint density at radius 1 is 0.612 bits per heavy atom. The van der Waals surface area contributed by atoms with Gasteiger partial charge in [-0.3, -0.25) is 9.98 Å². The van der Waals surface area contributed by atoms with E-state index in [1.54, 1.807) is 0 Å². The van der Waals surface area contributed by atoms with Crippen LogP contribution in [0.2, 0.25) is 0 Å². The van der Waals surface area contributed by atoms with E-state index in [9.17, 15) is 0 Å². The van der Waals surface area contributed by atoms with E-state index in [2.05, 4.69) is 135 Å². The topological polar surface area (TPSA) is 54.0 Å². The first-order valence-electron chi connectivity index (χ1n) is 16.0. The number of rotatable bonds is 5. The molecule has 0 fully saturated rings. The molecule has 0 atom stereocenters. The summed E-state index contributed by atoms with van der Waals surface area (Å²) in [6.07, 6.45) is 1.26. The maximum absolute atomic E-state index is 5.72. The minimum absolute atomic E-state index is 0.243. The second-order valence-electron chi connectivity index (χ2n) is 12.2. The van der Waals surface area contributed by atoms with Crippen LogP contribution in [0.3, 0.4) is 0 Å². The number of hydrogen-bond donors (Lipinski definition) is 0. The van der Waals surface area contributed by atoms with E-state index in [1.165, 1.54) is 32.0 Å². The Kier molecular flexibility index (Phi) is 6.50. The number of anilines is 3. The van der Waals surface area contributed by atoms with Crippen LogP contribution < -0.4 is 15.6 Å². The summed E-state index contributed by atoms with van der Waals surface area (Å²) in [7, 11) is 0. The normalized spacial score (nSPS) is 12.8. The number of halogens is 1. The maximum Gasteiger partial charge on any atom is 0.181 e. The first-order chi connectivity index (χ1) is 24.1. The second kappa shape index (κ2) is 11.2. The van der Waals surface area contributed by atoms with Crippen molar-refractivity contribution in [1.82, 2.24) is 4.98 Å². The van der Waals surface area contributed by atoms with E-state index in [0.29, 0.717) is 0 Å². The van der Waals surface area contributed by atoms with E-state index in [-0.39, 0.29) is 6.17 Å². The number of thiophene rings is 1. The molecule has 0 N–H and O–H groups in total. The van der Waals surface area contributed by atoms with Gasteiger partial charge in [-0.1, -0.05) is 82.7 Å². The van der Waals surface area contributed by atoms with Crippen LogP contribution in [-0.2, 0) is 0 Å². The zero-order valence-electron chi connectivity index (χ0n) is 25.9. The molecular formula is C42H25BrN4OS. The van der Waals surface area contributed by atoms with Crippen LogP contribution in [0.1, 0.15) is 11.7 Å². The first-order valence-corrected chi connectivity index (χ1v) is 17.6. The molecule has 0 saturated carbocycles. The molecule has 1 aliphatic heterocycles. The van der Waals surface area contributed by atoms with Crippen molar-refractivity contribution in [1.29, 1.82) is 0 Å². The van der Waals surface area contributed by atoms with E-state index >= 15 is 0 Å². The van der Waals surface area contributed by atoms with Crippen LogP contribution in [0.25, 0.3) is 53.2 Å². The smallest absolute Gasteiger partial charge is 0.181 e. The van der Waals surface area contributed by atoms with Gasteiger partial charge in [0.25, 0.3) is 0 Å². The summed E-state index contributed by atoms with van der Waals surface area (Å²) in [5.74, 6) is 0. The van der Waals surface area contributed by atoms with Gasteiger partial charge >= 0.3 is 0 Å². The van der Waals surface area contributed by atoms with E-state index in [4.69, 9.17) is 14.4 Å². The van der Waals surface area contributed by atoms with Crippen molar-refractivity contribution in [3.8, 4) is 11.1 Å². The van der Waals surface area contributed by atoms with Crippen LogP contribution in [0.15, 0.2) is 165 Å². The number of para-hydroxylation sites is 2. The highest BCUT2D eigenvalue weighted by molar-refractivity contribution is 9.10. The molecular weight excluding hydrogens is 688 g/mol. The summed E-state index contributed by atoms with van der Waals surface area (Å²) < 4.78 is 9.31. The van der Waals surface area contributed by atoms with Crippen molar-refractivity contribution < 1.29 is 4.42 Å². The van der Waals surface area contributed by atoms with Crippen LogP contribution in [-0.4, -0.2) is 4.98 Å². The Bertz CT molecular complexity index is 2840. The summed E-state index contributed by atoms with van der Waals surface area (Å²) in [6, 6.07) is 49.4. The van der Waals surface area contributed by atoms with Gasteiger partial charge in [0.2, 0.25) is 0 Å². The van der Waals surface area contributed by atoms with E-state index in [0.717, 1.165) is 65.4 Å². The van der Waals surface area contributed by atoms with Gasteiger partial charge in [-0.2, -0.15) is 0 Å². The minimum atomic E-state index is -0.243. The molecule has 7 aromatic carbocycles. The number of nitrogens with zero attached hydrogens (tertiary/aromatic N) is 4. The minimum Gasteiger partial charge on any atom is -0.443 e. The zero-order chi connectivity index (χ0) is 32.5. The molecule has 10 rings (SSSR count). The molecule has 7 heteroatoms. The number of oxazole rings is 1. The fraction of sp³-hybridized carbons (Fsp3) is 0.0238. The zero-order valence-corrected chi connectivity index (χ0v) is 28.3. The van der Waals surface area contributed by atoms with Gasteiger partial charge in [-0.05, 0) is 100 Å². The first kappa shape index (κ1) is 28.4. The predicted molar refractivity (Wildman–Crippen MR) is 204 cm³/mol. The lowest BCUT2D eigenvalue weighted by Gasteiger charge is -2.27. The van der Waals surface area contributed by atoms with Crippen molar-refractivity contribution in [2.45, 2.75) is 6.17 Å². The quantitative estimate of drug-likeness (QED) is 0.178. The lowest BCUT2D eigenvalue weighted by molar-refractivity contribution is 0.602. The number of aromatic nitrogens is 1. The number of hydrogen-bond acceptors (Lipinski definition) is 6. The van der Waals surface area contributed by atoms with Gasteiger partial charge in [-0.15, -0.1) is 11.3 Å². The van der Waals surface area contributed by atoms with Crippen molar-refractivity contribution in [2.75, 3.05) is 4.90 Å². The van der Waals surface area contributed by atoms with Crippen LogP contribution >= 0.6 is 27.3 Å². The van der Waals surface area contributed by atoms with E-state index in [1.807, 2.05) is 41.7 Å². The average Bonchev–Trinajstić information content (AvgIpc) is 3.88. The summed E-state index contributed by atoms with van der Waals surface area (Å²) >= 11 is 5.48. The summed E-state index contributed by atoms with van der Waals surface area (Å²) in [5, 5.41) is 6.74. The Morgan fingerprint density at radius 2 is 1.35 bits per heavy atom. The molecule has 0 spiro atoms. The highest BCUT2D eigenvalue weighted by atomic mass is 79.9. The maximum atomic E-state index is 5.72. The monoisotopic (exact) mass is 712 g/mol. The van der Waals surface area contributed by atoms with Crippen molar-refractivity contribution in [3.63, 3.8) is 0 Å². The van der Waals surface area contributed by atoms with Crippen LogP contribution in [0.4, 0.5) is 17.1 Å². The highest BCUT2D eigenvalue weighted by Gasteiger charge is 2.19. The van der Waals surface area contributed by atoms with Gasteiger partial charge in [0.05, 0.1) is 10.7 Å². The highest BCUT2D eigenvalue weighted by Crippen LogP contribution is 2.44. The summed E-state index contributed by atoms with van der Waals surface area (Å²) in [4.78, 5) is 16.4. The third kappa shape index (κ3) is 4.85. The largest absolute Gasteiger partial charge is 0.443 e. The molecule has 49 heavy (non-hydrogen) atoms. The lowest BCUT2D eigenvalue weighted by Crippen LogP contribution is -2.19. The summed E-state index contributed by atoms with van der Waals surface area (Å²) in [6.45, 7) is 0. The third-order valence-electron chi connectivity index (χ3n) is 9.28. The molecule has 2 aromatic heterocycles. The lowest BCUT2D eigenvalue weighted by atomic mass is 9.96. The Balaban J connectivity index is 1.16. The van der Waals surface area contributed by atoms with Crippen molar-refractivity contribution >= 4 is 86.4 Å². The standard InChI is InChI=1S/C42H25BrN4OS/c43-28-12-16-33-34-17-15-30(23-41(34)49-40(33)21-28)47(29-13-9-25(10-14-29)42-45-36-7-3-4-8-37(36)46-42)31-19-26-5-1-2-6-32(26)35(22-31)27-11-18-38-39(20-27)48-24-44-38/h1-24,42H. The molecule has 1 aliphatic rings. The van der Waals surface area contributed by atoms with Gasteiger partial charge in [-0.25, -0.2) is 4.98 Å². The Labute approximate surface area is 293 Å². The molecule has 5 nitrogen and oxygen atoms in total. The fourth-order valence-electron chi connectivity index (χ4n) is 6.93. The molecule has 3 heterocycles. The van der Waals surface area contributed by atoms with Gasteiger partial charge in [0.15, 0.2) is 18.1 Å². The SMILES string of the molecule is Brc1ccc2c(c1)sc1cc(N(c3ccc(C4N=c5ccccc5=N4)cc3)c3cc(-c4ccc5ncoc5c4)c4ccccc4c3)ccc12. The van der Waals surface area contributed by atoms with Crippen LogP contribution in [0.5, 0.6) is 0 Å². The number of benzene rings is 7. The Morgan fingerprint density at radius 3 is 2.18 bits per heavy atom. The molecule has 0 radical (unpaired) electrons. The Hall–Kier alpha value is -5.63. The molecule has 0 saturated heterocycles. The molecule has 0 bridgehead atoms. The molecule has 0 unspecified atom stereocenters. The van der Waals surface area contributed by atoms with E-state index < -0.39 is 0 Å². The molecule has 0 amide bonds. The second-order valence-corrected chi connectivity index (χ2v) is 14.2. The van der Waals surface area contributed by atoms with Gasteiger partial charge in [0, 0.05) is 41.7 Å². The van der Waals surface area contributed by atoms with Crippen LogP contribution in [0, 0.1) is 0 Å². The molecule has 9 aromatic rings.